The van der Waals surface area contributed by atoms with E-state index in [2.05, 4.69) is 0 Å². The van der Waals surface area contributed by atoms with E-state index in [1.807, 2.05) is 36.4 Å². The van der Waals surface area contributed by atoms with Gasteiger partial charge in [0.2, 0.25) is 10.0 Å². The summed E-state index contributed by atoms with van der Waals surface area (Å²) in [7, 11) is -3.65. The molecule has 1 aromatic heterocycles. The zero-order valence-corrected chi connectivity index (χ0v) is 19.0. The summed E-state index contributed by atoms with van der Waals surface area (Å²) >= 11 is 7.57. The molecule has 31 heavy (non-hydrogen) atoms. The lowest BCUT2D eigenvalue weighted by Crippen LogP contribution is -2.50. The van der Waals surface area contributed by atoms with Crippen LogP contribution in [0.25, 0.3) is 0 Å². The Balaban J connectivity index is 1.39. The van der Waals surface area contributed by atoms with E-state index in [1.165, 1.54) is 22.7 Å². The molecule has 1 aliphatic rings. The van der Waals surface area contributed by atoms with Crippen LogP contribution in [0.3, 0.4) is 0 Å². The molecule has 2 heterocycles. The Hall–Kier alpha value is -2.26. The van der Waals surface area contributed by atoms with Gasteiger partial charge in [-0.05, 0) is 36.4 Å². The van der Waals surface area contributed by atoms with E-state index >= 15 is 0 Å². The SMILES string of the molecule is O=C(c1occc1CSc1ccccc1)N1CCN(S(=O)(=O)c2cccc(Cl)c2)CC1. The summed E-state index contributed by atoms with van der Waals surface area (Å²) in [6.45, 7) is 1.03. The van der Waals surface area contributed by atoms with Crippen molar-refractivity contribution in [3.8, 4) is 0 Å². The molecule has 0 spiro atoms. The maximum atomic E-state index is 13.0. The fourth-order valence-corrected chi connectivity index (χ4v) is 5.99. The second kappa shape index (κ2) is 9.48. The Bertz CT molecular complexity index is 1160. The molecule has 1 amide bonds. The number of carbonyl (C=O) groups excluding carboxylic acids is 1. The van der Waals surface area contributed by atoms with Gasteiger partial charge in [-0.25, -0.2) is 8.42 Å². The molecule has 0 unspecified atom stereocenters. The molecule has 2 aromatic carbocycles. The molecular formula is C22H21ClN2O4S2. The Morgan fingerprint density at radius 1 is 1.00 bits per heavy atom. The van der Waals surface area contributed by atoms with Crippen molar-refractivity contribution in [3.63, 3.8) is 0 Å². The summed E-state index contributed by atoms with van der Waals surface area (Å²) in [4.78, 5) is 15.9. The number of hydrogen-bond donors (Lipinski definition) is 0. The summed E-state index contributed by atoms with van der Waals surface area (Å²) in [5.41, 5.74) is 0.827. The molecular weight excluding hydrogens is 456 g/mol. The maximum Gasteiger partial charge on any atom is 0.289 e. The quantitative estimate of drug-likeness (QED) is 0.494. The monoisotopic (exact) mass is 476 g/mol. The fraction of sp³-hybridized carbons (Fsp3) is 0.227. The van der Waals surface area contributed by atoms with Gasteiger partial charge < -0.3 is 9.32 Å². The van der Waals surface area contributed by atoms with Gasteiger partial charge >= 0.3 is 0 Å². The minimum atomic E-state index is -3.65. The molecule has 0 saturated carbocycles. The predicted octanol–water partition coefficient (Wildman–Crippen LogP) is 4.37. The number of thioether (sulfide) groups is 1. The van der Waals surface area contributed by atoms with Gasteiger partial charge in [0.25, 0.3) is 5.91 Å². The van der Waals surface area contributed by atoms with Crippen molar-refractivity contribution in [1.82, 2.24) is 9.21 Å². The fourth-order valence-electron chi connectivity index (χ4n) is 3.37. The zero-order chi connectivity index (χ0) is 21.8. The number of rotatable bonds is 6. The summed E-state index contributed by atoms with van der Waals surface area (Å²) in [5.74, 6) is 0.716. The van der Waals surface area contributed by atoms with Gasteiger partial charge in [0, 0.05) is 47.4 Å². The first-order valence-corrected chi connectivity index (χ1v) is 12.5. The van der Waals surface area contributed by atoms with Crippen molar-refractivity contribution in [2.24, 2.45) is 0 Å². The van der Waals surface area contributed by atoms with Gasteiger partial charge in [-0.15, -0.1) is 11.8 Å². The number of furan rings is 1. The van der Waals surface area contributed by atoms with Crippen LogP contribution >= 0.6 is 23.4 Å². The van der Waals surface area contributed by atoms with E-state index in [9.17, 15) is 13.2 Å². The molecule has 1 fully saturated rings. The second-order valence-corrected chi connectivity index (χ2v) is 10.5. The Kier molecular flexibility index (Phi) is 6.71. The van der Waals surface area contributed by atoms with Crippen LogP contribution < -0.4 is 0 Å². The van der Waals surface area contributed by atoms with Gasteiger partial charge in [-0.3, -0.25) is 4.79 Å². The third-order valence-corrected chi connectivity index (χ3v) is 8.23. The number of hydrogen-bond acceptors (Lipinski definition) is 5. The van der Waals surface area contributed by atoms with Crippen LogP contribution in [0.4, 0.5) is 0 Å². The van der Waals surface area contributed by atoms with Crippen LogP contribution in [0.2, 0.25) is 5.02 Å². The number of halogens is 1. The number of benzene rings is 2. The standard InChI is InChI=1S/C22H21ClN2O4S2/c23-18-5-4-8-20(15-18)31(27,28)25-12-10-24(11-13-25)22(26)21-17(9-14-29-21)16-30-19-6-2-1-3-7-19/h1-9,14-15H,10-13,16H2. The molecule has 6 nitrogen and oxygen atoms in total. The van der Waals surface area contributed by atoms with E-state index in [0.717, 1.165) is 10.5 Å². The lowest BCUT2D eigenvalue weighted by atomic mass is 10.2. The molecule has 4 rings (SSSR count). The largest absolute Gasteiger partial charge is 0.459 e. The van der Waals surface area contributed by atoms with Crippen molar-refractivity contribution in [2.75, 3.05) is 26.2 Å². The van der Waals surface area contributed by atoms with Crippen molar-refractivity contribution in [2.45, 2.75) is 15.5 Å². The smallest absolute Gasteiger partial charge is 0.289 e. The molecule has 9 heteroatoms. The first-order valence-electron chi connectivity index (χ1n) is 9.74. The number of sulfonamides is 1. The van der Waals surface area contributed by atoms with E-state index < -0.39 is 10.0 Å². The zero-order valence-electron chi connectivity index (χ0n) is 16.6. The van der Waals surface area contributed by atoms with Gasteiger partial charge in [0.1, 0.15) is 0 Å². The number of nitrogens with zero attached hydrogens (tertiary/aromatic N) is 2. The lowest BCUT2D eigenvalue weighted by Gasteiger charge is -2.33. The van der Waals surface area contributed by atoms with Gasteiger partial charge in [-0.1, -0.05) is 35.9 Å². The van der Waals surface area contributed by atoms with Gasteiger partial charge in [0.15, 0.2) is 5.76 Å². The minimum Gasteiger partial charge on any atom is -0.459 e. The normalized spacial score (nSPS) is 15.2. The van der Waals surface area contributed by atoms with E-state index in [1.54, 1.807) is 28.8 Å². The molecule has 1 saturated heterocycles. The molecule has 0 N–H and O–H groups in total. The molecule has 1 aliphatic heterocycles. The van der Waals surface area contributed by atoms with Crippen LogP contribution in [-0.2, 0) is 15.8 Å². The van der Waals surface area contributed by atoms with Crippen LogP contribution in [0.15, 0.2) is 81.1 Å². The Morgan fingerprint density at radius 2 is 1.74 bits per heavy atom. The Labute approximate surface area is 190 Å². The third kappa shape index (κ3) is 4.98. The molecule has 0 radical (unpaired) electrons. The molecule has 0 atom stereocenters. The van der Waals surface area contributed by atoms with Gasteiger partial charge in [0.05, 0.1) is 11.2 Å². The minimum absolute atomic E-state index is 0.158. The van der Waals surface area contributed by atoms with E-state index in [-0.39, 0.29) is 23.9 Å². The summed E-state index contributed by atoms with van der Waals surface area (Å²) < 4.78 is 32.6. The van der Waals surface area contributed by atoms with E-state index in [0.29, 0.717) is 29.6 Å². The van der Waals surface area contributed by atoms with Crippen molar-refractivity contribution >= 4 is 39.3 Å². The van der Waals surface area contributed by atoms with Crippen molar-refractivity contribution < 1.29 is 17.6 Å². The maximum absolute atomic E-state index is 13.0. The third-order valence-electron chi connectivity index (χ3n) is 5.04. The molecule has 0 bridgehead atoms. The highest BCUT2D eigenvalue weighted by Gasteiger charge is 2.32. The highest BCUT2D eigenvalue weighted by atomic mass is 35.5. The second-order valence-electron chi connectivity index (χ2n) is 7.03. The van der Waals surface area contributed by atoms with Crippen LogP contribution in [0.1, 0.15) is 16.1 Å². The lowest BCUT2D eigenvalue weighted by molar-refractivity contribution is 0.0665. The van der Waals surface area contributed by atoms with E-state index in [4.69, 9.17) is 16.0 Å². The average molecular weight is 477 g/mol. The highest BCUT2D eigenvalue weighted by Crippen LogP contribution is 2.26. The topological polar surface area (TPSA) is 70.8 Å². The molecule has 3 aromatic rings. The van der Waals surface area contributed by atoms with Crippen LogP contribution in [-0.4, -0.2) is 49.7 Å². The van der Waals surface area contributed by atoms with Gasteiger partial charge in [-0.2, -0.15) is 4.31 Å². The first-order chi connectivity index (χ1) is 14.9. The number of amides is 1. The van der Waals surface area contributed by atoms with Crippen LogP contribution in [0.5, 0.6) is 0 Å². The number of piperazine rings is 1. The highest BCUT2D eigenvalue weighted by molar-refractivity contribution is 7.98. The van der Waals surface area contributed by atoms with Crippen molar-refractivity contribution in [1.29, 1.82) is 0 Å². The summed E-state index contributed by atoms with van der Waals surface area (Å²) in [6.07, 6.45) is 1.52. The average Bonchev–Trinajstić information content (AvgIpc) is 3.26. The molecule has 0 aliphatic carbocycles. The number of carbonyl (C=O) groups is 1. The summed E-state index contributed by atoms with van der Waals surface area (Å²) in [5, 5.41) is 0.369. The predicted molar refractivity (Wildman–Crippen MR) is 121 cm³/mol. The van der Waals surface area contributed by atoms with Crippen molar-refractivity contribution in [3.05, 3.63) is 83.3 Å². The molecule has 162 valence electrons. The summed E-state index contributed by atoms with van der Waals surface area (Å²) in [6, 6.07) is 18.0. The first kappa shape index (κ1) is 22.0. The van der Waals surface area contributed by atoms with Crippen LogP contribution in [0, 0.1) is 0 Å². The Morgan fingerprint density at radius 3 is 2.45 bits per heavy atom.